The Morgan fingerprint density at radius 1 is 0.381 bits per heavy atom. The highest BCUT2D eigenvalue weighted by Crippen LogP contribution is 2.30. The fraction of sp³-hybridized carbons (Fsp3) is 0.600. The average molecular weight is 567 g/mol. The van der Waals surface area contributed by atoms with Crippen LogP contribution in [0.15, 0.2) is 48.8 Å². The summed E-state index contributed by atoms with van der Waals surface area (Å²) in [6.07, 6.45) is 34.2. The topological polar surface area (TPSA) is 25.8 Å². The summed E-state index contributed by atoms with van der Waals surface area (Å²) >= 11 is 0. The van der Waals surface area contributed by atoms with E-state index in [-0.39, 0.29) is 0 Å². The van der Waals surface area contributed by atoms with Crippen LogP contribution in [-0.2, 0) is 12.8 Å². The van der Waals surface area contributed by atoms with Crippen LogP contribution in [0.3, 0.4) is 0 Å². The van der Waals surface area contributed by atoms with E-state index in [1.54, 1.807) is 0 Å². The van der Waals surface area contributed by atoms with Gasteiger partial charge in [-0.25, -0.2) is 0 Å². The third kappa shape index (κ3) is 10.4. The molecule has 2 heterocycles. The predicted octanol–water partition coefficient (Wildman–Crippen LogP) is 12.9. The number of nitrogens with zero attached hydrogens (tertiary/aromatic N) is 2. The zero-order valence-electron chi connectivity index (χ0n) is 27.1. The molecule has 0 bridgehead atoms. The lowest BCUT2D eigenvalue weighted by molar-refractivity contribution is 0.556. The molecule has 0 amide bonds. The van der Waals surface area contributed by atoms with Gasteiger partial charge in [0.1, 0.15) is 0 Å². The zero-order valence-corrected chi connectivity index (χ0v) is 27.1. The summed E-state index contributed by atoms with van der Waals surface area (Å²) in [6, 6.07) is 13.8. The molecule has 0 aliphatic heterocycles. The minimum absolute atomic E-state index is 1.10. The smallest absolute Gasteiger partial charge is 0.0711 e. The number of aryl methyl sites for hydroxylation is 2. The second-order valence-corrected chi connectivity index (χ2v) is 12.9. The van der Waals surface area contributed by atoms with Gasteiger partial charge in [-0.15, -0.1) is 0 Å². The van der Waals surface area contributed by atoms with Crippen LogP contribution in [0.1, 0.15) is 153 Å². The molecule has 2 aromatic carbocycles. The van der Waals surface area contributed by atoms with E-state index in [1.807, 2.05) is 0 Å². The second-order valence-electron chi connectivity index (χ2n) is 12.9. The van der Waals surface area contributed by atoms with E-state index < -0.39 is 0 Å². The van der Waals surface area contributed by atoms with Crippen molar-refractivity contribution in [3.05, 3.63) is 59.9 Å². The van der Waals surface area contributed by atoms with Crippen LogP contribution in [0, 0.1) is 0 Å². The molecule has 4 aromatic rings. The maximum atomic E-state index is 4.92. The minimum Gasteiger partial charge on any atom is -0.256 e. The summed E-state index contributed by atoms with van der Waals surface area (Å²) < 4.78 is 0. The van der Waals surface area contributed by atoms with Crippen molar-refractivity contribution < 1.29 is 0 Å². The lowest BCUT2D eigenvalue weighted by Gasteiger charge is -2.09. The molecule has 0 saturated heterocycles. The number of benzene rings is 2. The van der Waals surface area contributed by atoms with Gasteiger partial charge in [-0.1, -0.05) is 154 Å². The molecule has 0 atom stereocenters. The lowest BCUT2D eigenvalue weighted by atomic mass is 9.99. The van der Waals surface area contributed by atoms with Crippen LogP contribution in [0.5, 0.6) is 0 Å². The SMILES string of the molecule is CCCCCCCCCCCCc1ccc2c(c1)ncc1c3ccc(CCCCCCCCCCCC)cc3ncc21. The first-order valence-corrected chi connectivity index (χ1v) is 17.9. The molecule has 0 radical (unpaired) electrons. The molecule has 2 aromatic heterocycles. The molecule has 0 unspecified atom stereocenters. The molecule has 42 heavy (non-hydrogen) atoms. The molecule has 228 valence electrons. The Labute approximate surface area is 257 Å². The second kappa shape index (κ2) is 18.9. The number of aromatic nitrogens is 2. The first kappa shape index (κ1) is 32.4. The fourth-order valence-corrected chi connectivity index (χ4v) is 6.60. The van der Waals surface area contributed by atoms with Gasteiger partial charge < -0.3 is 0 Å². The van der Waals surface area contributed by atoms with Gasteiger partial charge in [-0.05, 0) is 48.9 Å². The number of rotatable bonds is 22. The lowest BCUT2D eigenvalue weighted by Crippen LogP contribution is -1.92. The first-order chi connectivity index (χ1) is 20.8. The van der Waals surface area contributed by atoms with Crippen LogP contribution >= 0.6 is 0 Å². The molecule has 2 nitrogen and oxygen atoms in total. The summed E-state index contributed by atoms with van der Waals surface area (Å²) in [5.41, 5.74) is 5.04. The maximum absolute atomic E-state index is 4.92. The van der Waals surface area contributed by atoms with Crippen molar-refractivity contribution in [3.63, 3.8) is 0 Å². The Hall–Kier alpha value is -2.48. The van der Waals surface area contributed by atoms with Crippen molar-refractivity contribution in [1.29, 1.82) is 0 Å². The van der Waals surface area contributed by atoms with Crippen LogP contribution in [0.4, 0.5) is 0 Å². The molecule has 4 rings (SSSR count). The van der Waals surface area contributed by atoms with E-state index >= 15 is 0 Å². The molecule has 0 saturated carbocycles. The summed E-state index contributed by atoms with van der Waals surface area (Å²) in [7, 11) is 0. The van der Waals surface area contributed by atoms with Crippen LogP contribution in [-0.4, -0.2) is 9.97 Å². The van der Waals surface area contributed by atoms with E-state index in [1.165, 1.54) is 161 Å². The normalized spacial score (nSPS) is 11.8. The van der Waals surface area contributed by atoms with Gasteiger partial charge >= 0.3 is 0 Å². The van der Waals surface area contributed by atoms with Crippen molar-refractivity contribution >= 4 is 32.6 Å². The number of pyridine rings is 2. The van der Waals surface area contributed by atoms with Gasteiger partial charge in [0.15, 0.2) is 0 Å². The molecule has 0 N–H and O–H groups in total. The molecular weight excluding hydrogens is 508 g/mol. The van der Waals surface area contributed by atoms with Gasteiger partial charge in [0, 0.05) is 33.9 Å². The molecule has 2 heteroatoms. The summed E-state index contributed by atoms with van der Waals surface area (Å²) in [4.78, 5) is 9.84. The van der Waals surface area contributed by atoms with Gasteiger partial charge in [-0.2, -0.15) is 0 Å². The van der Waals surface area contributed by atoms with Gasteiger partial charge in [0.25, 0.3) is 0 Å². The number of hydrogen-bond acceptors (Lipinski definition) is 2. The molecular formula is C40H58N2. The first-order valence-electron chi connectivity index (χ1n) is 17.9. The molecule has 0 aliphatic carbocycles. The summed E-state index contributed by atoms with van der Waals surface area (Å²) in [5.74, 6) is 0. The summed E-state index contributed by atoms with van der Waals surface area (Å²) in [6.45, 7) is 4.58. The van der Waals surface area contributed by atoms with Crippen molar-refractivity contribution in [2.75, 3.05) is 0 Å². The Bertz CT molecular complexity index is 1220. The van der Waals surface area contributed by atoms with E-state index in [4.69, 9.17) is 9.97 Å². The van der Waals surface area contributed by atoms with Crippen LogP contribution < -0.4 is 0 Å². The van der Waals surface area contributed by atoms with Crippen LogP contribution in [0.25, 0.3) is 32.6 Å². The summed E-state index contributed by atoms with van der Waals surface area (Å²) in [5, 5.41) is 4.90. The Kier molecular flexibility index (Phi) is 14.6. The van der Waals surface area contributed by atoms with Crippen molar-refractivity contribution in [1.82, 2.24) is 9.97 Å². The standard InChI is InChI=1S/C40H58N2/c1-3-5-7-9-11-13-15-17-19-21-23-33-25-27-35-37-32-42-40-30-34(24-22-20-18-16-14-12-10-8-6-4-2)26-28-36(40)38(37)31-41-39(35)29-33/h25-32H,3-24H2,1-2H3. The Morgan fingerprint density at radius 3 is 1.07 bits per heavy atom. The average Bonchev–Trinajstić information content (AvgIpc) is 3.02. The van der Waals surface area contributed by atoms with Crippen molar-refractivity contribution in [2.24, 2.45) is 0 Å². The highest BCUT2D eigenvalue weighted by atomic mass is 14.7. The van der Waals surface area contributed by atoms with E-state index in [0.717, 1.165) is 23.9 Å². The monoisotopic (exact) mass is 566 g/mol. The fourth-order valence-electron chi connectivity index (χ4n) is 6.60. The number of unbranched alkanes of at least 4 members (excludes halogenated alkanes) is 18. The predicted molar refractivity (Wildman–Crippen MR) is 186 cm³/mol. The quantitative estimate of drug-likeness (QED) is 0.0698. The van der Waals surface area contributed by atoms with E-state index in [2.05, 4.69) is 62.6 Å². The minimum atomic E-state index is 1.10. The van der Waals surface area contributed by atoms with E-state index in [9.17, 15) is 0 Å². The molecule has 0 spiro atoms. The molecule has 0 fully saturated rings. The molecule has 0 aliphatic rings. The number of fused-ring (bicyclic) bond motifs is 5. The Balaban J connectivity index is 1.24. The Morgan fingerprint density at radius 2 is 0.714 bits per heavy atom. The third-order valence-corrected chi connectivity index (χ3v) is 9.30. The highest BCUT2D eigenvalue weighted by Gasteiger charge is 2.09. The third-order valence-electron chi connectivity index (χ3n) is 9.30. The van der Waals surface area contributed by atoms with Gasteiger partial charge in [0.05, 0.1) is 11.0 Å². The van der Waals surface area contributed by atoms with Crippen molar-refractivity contribution in [3.8, 4) is 0 Å². The number of hydrogen-bond donors (Lipinski definition) is 0. The van der Waals surface area contributed by atoms with Gasteiger partial charge in [-0.3, -0.25) is 9.97 Å². The van der Waals surface area contributed by atoms with Gasteiger partial charge in [0.2, 0.25) is 0 Å². The maximum Gasteiger partial charge on any atom is 0.0711 e. The van der Waals surface area contributed by atoms with E-state index in [0.29, 0.717) is 0 Å². The van der Waals surface area contributed by atoms with Crippen molar-refractivity contribution in [2.45, 2.75) is 155 Å². The van der Waals surface area contributed by atoms with Crippen LogP contribution in [0.2, 0.25) is 0 Å². The zero-order chi connectivity index (χ0) is 29.2. The highest BCUT2D eigenvalue weighted by molar-refractivity contribution is 6.14. The largest absolute Gasteiger partial charge is 0.256 e.